The smallest absolute Gasteiger partial charge is 0.223 e. The van der Waals surface area contributed by atoms with Gasteiger partial charge in [-0.1, -0.05) is 13.3 Å². The standard InChI is InChI=1S/C10H18NO/c1-4-7-10(2,3)11-8-5-6-9(11)12/h1,4-8H2,2-3H3. The Kier molecular flexibility index (Phi) is 2.76. The van der Waals surface area contributed by atoms with Crippen LogP contribution in [-0.2, 0) is 4.79 Å². The number of likely N-dealkylation sites (tertiary alicyclic amines) is 1. The Morgan fingerprint density at radius 3 is 2.67 bits per heavy atom. The summed E-state index contributed by atoms with van der Waals surface area (Å²) in [6.07, 6.45) is 3.66. The lowest BCUT2D eigenvalue weighted by atomic mass is 9.97. The highest BCUT2D eigenvalue weighted by Gasteiger charge is 2.32. The van der Waals surface area contributed by atoms with Crippen molar-refractivity contribution in [1.29, 1.82) is 0 Å². The van der Waals surface area contributed by atoms with Crippen LogP contribution in [0.25, 0.3) is 0 Å². The quantitative estimate of drug-likeness (QED) is 0.631. The molecule has 1 radical (unpaired) electrons. The minimum absolute atomic E-state index is 0.0231. The van der Waals surface area contributed by atoms with E-state index in [-0.39, 0.29) is 5.54 Å². The number of carbonyl (C=O) groups excluding carboxylic acids is 1. The summed E-state index contributed by atoms with van der Waals surface area (Å²) >= 11 is 0. The van der Waals surface area contributed by atoms with Crippen molar-refractivity contribution < 1.29 is 4.79 Å². The third-order valence-corrected chi connectivity index (χ3v) is 2.59. The molecule has 0 saturated carbocycles. The summed E-state index contributed by atoms with van der Waals surface area (Å²) in [6.45, 7) is 9.02. The fraction of sp³-hybridized carbons (Fsp3) is 0.800. The third-order valence-electron chi connectivity index (χ3n) is 2.59. The SMILES string of the molecule is [CH2]CCC(C)(C)N1CCCC1=O. The zero-order valence-electron chi connectivity index (χ0n) is 8.10. The fourth-order valence-corrected chi connectivity index (χ4v) is 1.86. The Labute approximate surface area is 74.9 Å². The molecule has 0 aromatic rings. The Morgan fingerprint density at radius 2 is 2.25 bits per heavy atom. The average Bonchev–Trinajstić information content (AvgIpc) is 2.35. The molecule has 1 fully saturated rings. The molecular weight excluding hydrogens is 150 g/mol. The van der Waals surface area contributed by atoms with Crippen molar-refractivity contribution in [2.45, 2.75) is 45.1 Å². The van der Waals surface area contributed by atoms with Crippen LogP contribution in [0.1, 0.15) is 39.5 Å². The first-order valence-electron chi connectivity index (χ1n) is 4.67. The summed E-state index contributed by atoms with van der Waals surface area (Å²) < 4.78 is 0. The van der Waals surface area contributed by atoms with Crippen LogP contribution < -0.4 is 0 Å². The van der Waals surface area contributed by atoms with Gasteiger partial charge in [0.2, 0.25) is 5.91 Å². The van der Waals surface area contributed by atoms with E-state index in [4.69, 9.17) is 0 Å². The highest BCUT2D eigenvalue weighted by atomic mass is 16.2. The van der Waals surface area contributed by atoms with Crippen LogP contribution in [0.2, 0.25) is 0 Å². The summed E-state index contributed by atoms with van der Waals surface area (Å²) in [5.74, 6) is 0.313. The van der Waals surface area contributed by atoms with E-state index >= 15 is 0 Å². The minimum atomic E-state index is 0.0231. The van der Waals surface area contributed by atoms with E-state index < -0.39 is 0 Å². The van der Waals surface area contributed by atoms with Gasteiger partial charge < -0.3 is 4.90 Å². The lowest BCUT2D eigenvalue weighted by Crippen LogP contribution is -2.44. The van der Waals surface area contributed by atoms with Gasteiger partial charge in [-0.25, -0.2) is 0 Å². The average molecular weight is 168 g/mol. The monoisotopic (exact) mass is 168 g/mol. The molecule has 1 amide bonds. The molecule has 1 heterocycles. The van der Waals surface area contributed by atoms with Gasteiger partial charge in [0.05, 0.1) is 0 Å². The molecule has 0 aromatic carbocycles. The van der Waals surface area contributed by atoms with Crippen LogP contribution in [0.5, 0.6) is 0 Å². The summed E-state index contributed by atoms with van der Waals surface area (Å²) in [5, 5.41) is 0. The van der Waals surface area contributed by atoms with E-state index in [1.54, 1.807) is 0 Å². The zero-order chi connectivity index (χ0) is 9.19. The van der Waals surface area contributed by atoms with Gasteiger partial charge in [-0.05, 0) is 26.7 Å². The number of rotatable bonds is 3. The van der Waals surface area contributed by atoms with Crippen molar-refractivity contribution in [3.8, 4) is 0 Å². The molecule has 12 heavy (non-hydrogen) atoms. The maximum absolute atomic E-state index is 11.4. The largest absolute Gasteiger partial charge is 0.338 e. The molecule has 2 nitrogen and oxygen atoms in total. The van der Waals surface area contributed by atoms with Crippen molar-refractivity contribution in [2.24, 2.45) is 0 Å². The lowest BCUT2D eigenvalue weighted by Gasteiger charge is -2.35. The van der Waals surface area contributed by atoms with Gasteiger partial charge in [0.25, 0.3) is 0 Å². The first-order valence-corrected chi connectivity index (χ1v) is 4.67. The van der Waals surface area contributed by atoms with Crippen LogP contribution in [0.3, 0.4) is 0 Å². The Balaban J connectivity index is 2.60. The van der Waals surface area contributed by atoms with Gasteiger partial charge in [-0.15, -0.1) is 0 Å². The molecule has 1 aliphatic rings. The van der Waals surface area contributed by atoms with Gasteiger partial charge >= 0.3 is 0 Å². The molecule has 2 heteroatoms. The number of carbonyl (C=O) groups is 1. The van der Waals surface area contributed by atoms with Crippen molar-refractivity contribution >= 4 is 5.91 Å². The van der Waals surface area contributed by atoms with Crippen molar-refractivity contribution in [3.63, 3.8) is 0 Å². The molecule has 0 aromatic heterocycles. The number of hydrogen-bond donors (Lipinski definition) is 0. The molecule has 1 saturated heterocycles. The second-order valence-corrected chi connectivity index (χ2v) is 4.06. The van der Waals surface area contributed by atoms with Crippen molar-refractivity contribution in [2.75, 3.05) is 6.54 Å². The predicted molar refractivity (Wildman–Crippen MR) is 49.6 cm³/mol. The molecule has 69 valence electrons. The van der Waals surface area contributed by atoms with Crippen molar-refractivity contribution in [3.05, 3.63) is 6.92 Å². The molecule has 0 spiro atoms. The van der Waals surface area contributed by atoms with Crippen LogP contribution in [0.4, 0.5) is 0 Å². The van der Waals surface area contributed by atoms with Crippen LogP contribution >= 0.6 is 0 Å². The van der Waals surface area contributed by atoms with E-state index in [0.29, 0.717) is 5.91 Å². The van der Waals surface area contributed by atoms with Gasteiger partial charge in [-0.2, -0.15) is 0 Å². The minimum Gasteiger partial charge on any atom is -0.338 e. The van der Waals surface area contributed by atoms with E-state index in [9.17, 15) is 4.79 Å². The summed E-state index contributed by atoms with van der Waals surface area (Å²) in [7, 11) is 0. The molecule has 1 rings (SSSR count). The van der Waals surface area contributed by atoms with Crippen LogP contribution in [0, 0.1) is 6.92 Å². The number of hydrogen-bond acceptors (Lipinski definition) is 1. The summed E-state index contributed by atoms with van der Waals surface area (Å²) in [6, 6.07) is 0. The first kappa shape index (κ1) is 9.56. The van der Waals surface area contributed by atoms with Crippen LogP contribution in [0.15, 0.2) is 0 Å². The number of nitrogens with zero attached hydrogens (tertiary/aromatic N) is 1. The van der Waals surface area contributed by atoms with Crippen molar-refractivity contribution in [1.82, 2.24) is 4.90 Å². The van der Waals surface area contributed by atoms with E-state index in [2.05, 4.69) is 20.8 Å². The maximum atomic E-state index is 11.4. The second kappa shape index (κ2) is 3.46. The first-order chi connectivity index (χ1) is 5.58. The summed E-state index contributed by atoms with van der Waals surface area (Å²) in [5.41, 5.74) is 0.0231. The topological polar surface area (TPSA) is 20.3 Å². The Bertz CT molecular complexity index is 175. The van der Waals surface area contributed by atoms with E-state index in [1.807, 2.05) is 4.90 Å². The van der Waals surface area contributed by atoms with E-state index in [1.165, 1.54) is 0 Å². The van der Waals surface area contributed by atoms with Gasteiger partial charge in [-0.3, -0.25) is 4.79 Å². The molecule has 1 aliphatic heterocycles. The second-order valence-electron chi connectivity index (χ2n) is 4.06. The highest BCUT2D eigenvalue weighted by Crippen LogP contribution is 2.25. The van der Waals surface area contributed by atoms with Gasteiger partial charge in [0.15, 0.2) is 0 Å². The van der Waals surface area contributed by atoms with Gasteiger partial charge in [0, 0.05) is 18.5 Å². The van der Waals surface area contributed by atoms with Crippen LogP contribution in [-0.4, -0.2) is 22.9 Å². The number of amides is 1. The molecule has 0 unspecified atom stereocenters. The summed E-state index contributed by atoms with van der Waals surface area (Å²) in [4.78, 5) is 13.4. The molecular formula is C10H18NO. The zero-order valence-corrected chi connectivity index (χ0v) is 8.10. The molecule has 0 N–H and O–H groups in total. The fourth-order valence-electron chi connectivity index (χ4n) is 1.86. The predicted octanol–water partition coefficient (Wildman–Crippen LogP) is 2.00. The molecule has 0 bridgehead atoms. The normalized spacial score (nSPS) is 18.9. The molecule has 0 atom stereocenters. The maximum Gasteiger partial charge on any atom is 0.223 e. The third kappa shape index (κ3) is 1.79. The van der Waals surface area contributed by atoms with Gasteiger partial charge in [0.1, 0.15) is 0 Å². The molecule has 0 aliphatic carbocycles. The Hall–Kier alpha value is -0.530. The Morgan fingerprint density at radius 1 is 1.58 bits per heavy atom. The highest BCUT2D eigenvalue weighted by molar-refractivity contribution is 5.78. The lowest BCUT2D eigenvalue weighted by molar-refractivity contribution is -0.132. The van der Waals surface area contributed by atoms with E-state index in [0.717, 1.165) is 32.2 Å².